The predicted octanol–water partition coefficient (Wildman–Crippen LogP) is 7.08. The molecule has 1 saturated carbocycles. The summed E-state index contributed by atoms with van der Waals surface area (Å²) in [5.74, 6) is -2.19. The first-order chi connectivity index (χ1) is 16.9. The van der Waals surface area contributed by atoms with Gasteiger partial charge in [0.05, 0.1) is 16.3 Å². The molecular formula is C26H24ClF2N3O2S. The molecule has 0 unspecified atom stereocenters. The number of aromatic carboxylic acids is 1. The van der Waals surface area contributed by atoms with E-state index in [9.17, 15) is 18.7 Å². The molecule has 2 aromatic carbocycles. The van der Waals surface area contributed by atoms with Crippen molar-refractivity contribution in [2.24, 2.45) is 5.92 Å². The van der Waals surface area contributed by atoms with E-state index in [2.05, 4.69) is 14.6 Å². The number of halogens is 3. The molecule has 0 bridgehead atoms. The molecule has 5 nitrogen and oxygen atoms in total. The first-order valence-corrected chi connectivity index (χ1v) is 12.8. The fraction of sp³-hybridized carbons (Fsp3) is 0.308. The van der Waals surface area contributed by atoms with E-state index in [4.69, 9.17) is 11.6 Å². The predicted molar refractivity (Wildman–Crippen MR) is 134 cm³/mol. The topological polar surface area (TPSA) is 65.5 Å². The Balaban J connectivity index is 1.59. The lowest BCUT2D eigenvalue weighted by Gasteiger charge is -2.33. The van der Waals surface area contributed by atoms with E-state index in [-0.39, 0.29) is 6.04 Å². The molecule has 1 fully saturated rings. The number of nitrogens with one attached hydrogen (secondary N) is 1. The fourth-order valence-corrected chi connectivity index (χ4v) is 6.23. The highest BCUT2D eigenvalue weighted by atomic mass is 35.5. The van der Waals surface area contributed by atoms with Gasteiger partial charge in [0.1, 0.15) is 5.82 Å². The summed E-state index contributed by atoms with van der Waals surface area (Å²) >= 11 is 8.20. The first-order valence-electron chi connectivity index (χ1n) is 11.6. The fourth-order valence-electron chi connectivity index (χ4n) is 4.97. The van der Waals surface area contributed by atoms with Gasteiger partial charge in [0.15, 0.2) is 0 Å². The van der Waals surface area contributed by atoms with E-state index in [1.165, 1.54) is 55.6 Å². The van der Waals surface area contributed by atoms with Crippen molar-refractivity contribution in [2.75, 3.05) is 11.4 Å². The van der Waals surface area contributed by atoms with Crippen LogP contribution in [0.25, 0.3) is 11.1 Å². The number of benzene rings is 2. The monoisotopic (exact) mass is 515 g/mol. The molecule has 0 amide bonds. The van der Waals surface area contributed by atoms with Crippen LogP contribution in [0.5, 0.6) is 0 Å². The highest BCUT2D eigenvalue weighted by molar-refractivity contribution is 7.97. The van der Waals surface area contributed by atoms with Crippen LogP contribution in [-0.2, 0) is 0 Å². The Hall–Kier alpha value is -2.68. The number of carboxylic acids is 1. The summed E-state index contributed by atoms with van der Waals surface area (Å²) < 4.78 is 31.7. The van der Waals surface area contributed by atoms with Crippen molar-refractivity contribution in [1.29, 1.82) is 0 Å². The molecule has 0 radical (unpaired) electrons. The maximum atomic E-state index is 14.1. The molecule has 35 heavy (non-hydrogen) atoms. The Kier molecular flexibility index (Phi) is 6.95. The van der Waals surface area contributed by atoms with Gasteiger partial charge in [-0.2, -0.15) is 4.39 Å². The number of carboxylic acid groups (broad SMARTS) is 1. The summed E-state index contributed by atoms with van der Waals surface area (Å²) in [7, 11) is 0. The van der Waals surface area contributed by atoms with Crippen molar-refractivity contribution >= 4 is 40.9 Å². The molecular weight excluding hydrogens is 492 g/mol. The number of pyridine rings is 1. The summed E-state index contributed by atoms with van der Waals surface area (Å²) in [6.07, 6.45) is 7.41. The molecule has 1 atom stereocenters. The molecule has 1 aliphatic carbocycles. The van der Waals surface area contributed by atoms with Gasteiger partial charge < -0.3 is 10.0 Å². The molecule has 2 heterocycles. The number of anilines is 2. The number of hydrogen-bond donors (Lipinski definition) is 2. The second-order valence-electron chi connectivity index (χ2n) is 8.97. The molecule has 5 rings (SSSR count). The van der Waals surface area contributed by atoms with Gasteiger partial charge in [-0.05, 0) is 66.6 Å². The highest BCUT2D eigenvalue weighted by Crippen LogP contribution is 2.44. The Morgan fingerprint density at radius 3 is 2.66 bits per heavy atom. The van der Waals surface area contributed by atoms with Crippen LogP contribution in [0.2, 0.25) is 5.02 Å². The number of fused-ring (bicyclic) bond motifs is 1. The number of hydrogen-bond acceptors (Lipinski definition) is 5. The van der Waals surface area contributed by atoms with Crippen LogP contribution in [0.1, 0.15) is 42.5 Å². The molecule has 0 spiro atoms. The first kappa shape index (κ1) is 24.0. The largest absolute Gasteiger partial charge is 0.478 e. The number of carbonyl (C=O) groups is 1. The van der Waals surface area contributed by atoms with Crippen molar-refractivity contribution in [1.82, 2.24) is 9.71 Å². The number of rotatable bonds is 4. The number of nitrogens with zero attached hydrogens (tertiary/aromatic N) is 2. The van der Waals surface area contributed by atoms with Gasteiger partial charge in [0, 0.05) is 41.0 Å². The molecule has 182 valence electrons. The molecule has 2 N–H and O–H groups in total. The zero-order valence-electron chi connectivity index (χ0n) is 18.8. The van der Waals surface area contributed by atoms with Crippen LogP contribution in [0.3, 0.4) is 0 Å². The highest BCUT2D eigenvalue weighted by Gasteiger charge is 2.31. The van der Waals surface area contributed by atoms with Crippen molar-refractivity contribution < 1.29 is 18.7 Å². The summed E-state index contributed by atoms with van der Waals surface area (Å²) in [5, 5.41) is 9.73. The normalized spacial score (nSPS) is 18.7. The number of aromatic nitrogens is 1. The SMILES string of the molecule is O=C(O)c1cc(-c2cc3c(cc2Cl)N(c2ccnc(F)c2)C[C@@H](C2CCCCC2)NS3)ccc1F. The van der Waals surface area contributed by atoms with Crippen LogP contribution < -0.4 is 9.62 Å². The van der Waals surface area contributed by atoms with E-state index >= 15 is 0 Å². The summed E-state index contributed by atoms with van der Waals surface area (Å²) in [5.41, 5.74) is 2.19. The van der Waals surface area contributed by atoms with E-state index in [0.29, 0.717) is 34.3 Å². The minimum Gasteiger partial charge on any atom is -0.478 e. The average Bonchev–Trinajstić information content (AvgIpc) is 3.04. The molecule has 9 heteroatoms. The van der Waals surface area contributed by atoms with Crippen LogP contribution >= 0.6 is 23.5 Å². The van der Waals surface area contributed by atoms with Gasteiger partial charge in [-0.25, -0.2) is 14.2 Å². The van der Waals surface area contributed by atoms with Gasteiger partial charge in [-0.15, -0.1) is 0 Å². The maximum Gasteiger partial charge on any atom is 0.338 e. The Bertz CT molecular complexity index is 1270. The van der Waals surface area contributed by atoms with Crippen LogP contribution in [0.15, 0.2) is 53.6 Å². The smallest absolute Gasteiger partial charge is 0.338 e. The summed E-state index contributed by atoms with van der Waals surface area (Å²) in [6.45, 7) is 0.642. The van der Waals surface area contributed by atoms with Gasteiger partial charge >= 0.3 is 5.97 Å². The van der Waals surface area contributed by atoms with Crippen molar-refractivity contribution in [2.45, 2.75) is 43.0 Å². The van der Waals surface area contributed by atoms with Crippen molar-refractivity contribution in [3.8, 4) is 11.1 Å². The third kappa shape index (κ3) is 5.01. The molecule has 1 aromatic heterocycles. The summed E-state index contributed by atoms with van der Waals surface area (Å²) in [6, 6.07) is 11.0. The van der Waals surface area contributed by atoms with Gasteiger partial charge in [0.25, 0.3) is 0 Å². The Morgan fingerprint density at radius 1 is 1.11 bits per heavy atom. The Labute approximate surface area is 211 Å². The Morgan fingerprint density at radius 2 is 1.91 bits per heavy atom. The van der Waals surface area contributed by atoms with Crippen LogP contribution in [0, 0.1) is 17.7 Å². The van der Waals surface area contributed by atoms with E-state index in [1.807, 2.05) is 12.1 Å². The summed E-state index contributed by atoms with van der Waals surface area (Å²) in [4.78, 5) is 18.1. The van der Waals surface area contributed by atoms with Gasteiger partial charge in [-0.3, -0.25) is 4.72 Å². The van der Waals surface area contributed by atoms with E-state index in [0.717, 1.165) is 29.5 Å². The van der Waals surface area contributed by atoms with Crippen molar-refractivity contribution in [3.63, 3.8) is 0 Å². The second kappa shape index (κ2) is 10.1. The third-order valence-corrected chi connectivity index (χ3v) is 8.07. The maximum absolute atomic E-state index is 14.1. The quantitative estimate of drug-likeness (QED) is 0.286. The van der Waals surface area contributed by atoms with Gasteiger partial charge in [0.2, 0.25) is 5.95 Å². The lowest BCUT2D eigenvalue weighted by atomic mass is 9.84. The molecule has 1 aliphatic heterocycles. The molecule has 2 aliphatic rings. The second-order valence-corrected chi connectivity index (χ2v) is 10.3. The molecule has 0 saturated heterocycles. The standard InChI is InChI=1S/C26H24ClF2N3O2S/c27-20-13-23-24(12-18(20)16-6-7-21(28)19(10-16)26(33)34)35-31-22(15-4-2-1-3-5-15)14-32(23)17-8-9-30-25(29)11-17/h6-13,15,22,31H,1-5,14H2,(H,33,34)/t22-/m0/s1. The van der Waals surface area contributed by atoms with Gasteiger partial charge in [-0.1, -0.05) is 36.9 Å². The van der Waals surface area contributed by atoms with E-state index < -0.39 is 23.3 Å². The lowest BCUT2D eigenvalue weighted by Crippen LogP contribution is -2.41. The third-order valence-electron chi connectivity index (χ3n) is 6.79. The van der Waals surface area contributed by atoms with E-state index in [1.54, 1.807) is 6.07 Å². The average molecular weight is 516 g/mol. The van der Waals surface area contributed by atoms with Crippen LogP contribution in [0.4, 0.5) is 20.2 Å². The van der Waals surface area contributed by atoms with Crippen LogP contribution in [-0.4, -0.2) is 28.6 Å². The molecule has 3 aromatic rings. The zero-order valence-corrected chi connectivity index (χ0v) is 20.4. The minimum atomic E-state index is -1.34. The lowest BCUT2D eigenvalue weighted by molar-refractivity contribution is 0.0692. The van der Waals surface area contributed by atoms with Crippen molar-refractivity contribution in [3.05, 3.63) is 71.0 Å². The zero-order chi connectivity index (χ0) is 24.5. The minimum absolute atomic E-state index is 0.176.